The Morgan fingerprint density at radius 3 is 2.53 bits per heavy atom. The summed E-state index contributed by atoms with van der Waals surface area (Å²) < 4.78 is 13.3. The molecule has 4 rings (SSSR count). The van der Waals surface area contributed by atoms with Crippen molar-refractivity contribution in [2.24, 2.45) is 5.73 Å². The van der Waals surface area contributed by atoms with E-state index >= 15 is 0 Å². The van der Waals surface area contributed by atoms with E-state index in [0.717, 1.165) is 20.3 Å². The number of Topliss-reactive ketones (excluding diaryl/α,β-unsaturated/α-hetero) is 1. The molecule has 0 spiro atoms. The first-order valence-electron chi connectivity index (χ1n) is 9.56. The Morgan fingerprint density at radius 2 is 1.83 bits per heavy atom. The van der Waals surface area contributed by atoms with Crippen LogP contribution in [0.15, 0.2) is 60.7 Å². The number of fused-ring (bicyclic) bond motifs is 1. The van der Waals surface area contributed by atoms with E-state index in [1.54, 1.807) is 18.2 Å². The number of rotatable bonds is 5. The van der Waals surface area contributed by atoms with Crippen molar-refractivity contribution >= 4 is 34.3 Å². The summed E-state index contributed by atoms with van der Waals surface area (Å²) in [6.07, 6.45) is -0.0139. The van der Waals surface area contributed by atoms with Gasteiger partial charge < -0.3 is 15.2 Å². The van der Waals surface area contributed by atoms with Gasteiger partial charge in [-0.05, 0) is 65.4 Å². The van der Waals surface area contributed by atoms with Gasteiger partial charge in [0.1, 0.15) is 17.6 Å². The standard InChI is InChI=1S/C24H20INO4/c1-14-21(11-10-18-20(27)12-13-29-22(14)18)30-23(17-4-2-3-5-19(17)25)15-6-8-16(9-7-15)24(26)28/h2-11,23H,12-13H2,1H3,(H2,26,28)/t23-/m1/s1. The Labute approximate surface area is 188 Å². The van der Waals surface area contributed by atoms with Gasteiger partial charge in [-0.3, -0.25) is 9.59 Å². The molecular formula is C24H20INO4. The molecule has 0 radical (unpaired) electrons. The van der Waals surface area contributed by atoms with Crippen LogP contribution in [0, 0.1) is 10.5 Å². The van der Waals surface area contributed by atoms with Crippen LogP contribution in [0.4, 0.5) is 0 Å². The van der Waals surface area contributed by atoms with Crippen LogP contribution >= 0.6 is 22.6 Å². The summed E-state index contributed by atoms with van der Waals surface area (Å²) >= 11 is 2.28. The van der Waals surface area contributed by atoms with Crippen molar-refractivity contribution in [2.45, 2.75) is 19.4 Å². The van der Waals surface area contributed by atoms with Crippen molar-refractivity contribution in [1.82, 2.24) is 0 Å². The summed E-state index contributed by atoms with van der Waals surface area (Å²) in [5.74, 6) is 0.851. The third-order valence-corrected chi connectivity index (χ3v) is 6.14. The molecule has 0 unspecified atom stereocenters. The molecule has 5 nitrogen and oxygen atoms in total. The number of carbonyl (C=O) groups excluding carboxylic acids is 2. The Kier molecular flexibility index (Phi) is 5.76. The van der Waals surface area contributed by atoms with Crippen molar-refractivity contribution in [3.8, 4) is 11.5 Å². The molecule has 0 aliphatic carbocycles. The Morgan fingerprint density at radius 1 is 1.10 bits per heavy atom. The van der Waals surface area contributed by atoms with Crippen molar-refractivity contribution in [2.75, 3.05) is 6.61 Å². The molecule has 0 aromatic heterocycles. The molecule has 6 heteroatoms. The predicted octanol–water partition coefficient (Wildman–Crippen LogP) is 4.83. The summed E-state index contributed by atoms with van der Waals surface area (Å²) in [6, 6.07) is 18.7. The van der Waals surface area contributed by atoms with E-state index in [0.29, 0.717) is 35.7 Å². The third-order valence-electron chi connectivity index (χ3n) is 5.16. The van der Waals surface area contributed by atoms with Gasteiger partial charge in [0.2, 0.25) is 5.91 Å². The molecule has 1 amide bonds. The minimum atomic E-state index is -0.472. The number of hydrogen-bond donors (Lipinski definition) is 1. The number of ketones is 1. The van der Waals surface area contributed by atoms with Crippen molar-refractivity contribution in [3.05, 3.63) is 92.1 Å². The first-order chi connectivity index (χ1) is 14.5. The van der Waals surface area contributed by atoms with E-state index < -0.39 is 12.0 Å². The van der Waals surface area contributed by atoms with Crippen molar-refractivity contribution in [3.63, 3.8) is 0 Å². The average Bonchev–Trinajstić information content (AvgIpc) is 2.75. The molecule has 1 aliphatic rings. The topological polar surface area (TPSA) is 78.6 Å². The maximum absolute atomic E-state index is 12.2. The molecule has 1 atom stereocenters. The van der Waals surface area contributed by atoms with Crippen LogP contribution in [0.2, 0.25) is 0 Å². The van der Waals surface area contributed by atoms with Gasteiger partial charge in [-0.25, -0.2) is 0 Å². The minimum absolute atomic E-state index is 0.0853. The number of primary amides is 1. The molecule has 1 aliphatic heterocycles. The number of nitrogens with two attached hydrogens (primary N) is 1. The highest BCUT2D eigenvalue weighted by atomic mass is 127. The Hall–Kier alpha value is -2.87. The van der Waals surface area contributed by atoms with Gasteiger partial charge in [0.25, 0.3) is 0 Å². The monoisotopic (exact) mass is 513 g/mol. The molecule has 152 valence electrons. The maximum atomic E-state index is 12.2. The molecule has 3 aromatic rings. The molecule has 0 saturated heterocycles. The fraction of sp³-hybridized carbons (Fsp3) is 0.167. The van der Waals surface area contributed by atoms with Crippen LogP contribution in [-0.2, 0) is 0 Å². The summed E-state index contributed by atoms with van der Waals surface area (Å²) in [7, 11) is 0. The number of amides is 1. The highest BCUT2D eigenvalue weighted by Gasteiger charge is 2.25. The quantitative estimate of drug-likeness (QED) is 0.496. The van der Waals surface area contributed by atoms with E-state index in [4.69, 9.17) is 15.2 Å². The van der Waals surface area contributed by atoms with Crippen LogP contribution in [0.3, 0.4) is 0 Å². The molecule has 3 aromatic carbocycles. The lowest BCUT2D eigenvalue weighted by Gasteiger charge is -2.25. The molecule has 1 heterocycles. The Balaban J connectivity index is 1.77. The third kappa shape index (κ3) is 3.92. The number of carbonyl (C=O) groups is 2. The Bertz CT molecular complexity index is 1120. The first kappa shape index (κ1) is 20.4. The van der Waals surface area contributed by atoms with E-state index in [1.807, 2.05) is 49.4 Å². The smallest absolute Gasteiger partial charge is 0.248 e. The zero-order chi connectivity index (χ0) is 21.3. The van der Waals surface area contributed by atoms with Gasteiger partial charge in [0.15, 0.2) is 5.78 Å². The molecule has 0 saturated carbocycles. The lowest BCUT2D eigenvalue weighted by molar-refractivity contribution is 0.0931. The van der Waals surface area contributed by atoms with Gasteiger partial charge in [0, 0.05) is 26.7 Å². The average molecular weight is 513 g/mol. The molecule has 2 N–H and O–H groups in total. The fourth-order valence-corrected chi connectivity index (χ4v) is 4.21. The second-order valence-corrected chi connectivity index (χ2v) is 8.25. The molecule has 0 fully saturated rings. The zero-order valence-electron chi connectivity index (χ0n) is 16.4. The minimum Gasteiger partial charge on any atom is -0.492 e. The van der Waals surface area contributed by atoms with Gasteiger partial charge in [-0.15, -0.1) is 0 Å². The van der Waals surface area contributed by atoms with Gasteiger partial charge in [0.05, 0.1) is 12.2 Å². The first-order valence-corrected chi connectivity index (χ1v) is 10.6. The van der Waals surface area contributed by atoms with E-state index in [-0.39, 0.29) is 5.78 Å². The summed E-state index contributed by atoms with van der Waals surface area (Å²) in [5.41, 5.74) is 9.11. The lowest BCUT2D eigenvalue weighted by atomic mass is 9.98. The molecule has 30 heavy (non-hydrogen) atoms. The summed E-state index contributed by atoms with van der Waals surface area (Å²) in [4.78, 5) is 23.6. The lowest BCUT2D eigenvalue weighted by Crippen LogP contribution is -2.17. The van der Waals surface area contributed by atoms with Crippen LogP contribution in [0.1, 0.15) is 49.9 Å². The largest absolute Gasteiger partial charge is 0.492 e. The van der Waals surface area contributed by atoms with E-state index in [1.165, 1.54) is 0 Å². The van der Waals surface area contributed by atoms with Crippen LogP contribution in [-0.4, -0.2) is 18.3 Å². The molecular weight excluding hydrogens is 493 g/mol. The normalized spacial score (nSPS) is 13.9. The molecule has 0 bridgehead atoms. The number of benzene rings is 3. The van der Waals surface area contributed by atoms with Crippen LogP contribution < -0.4 is 15.2 Å². The number of ether oxygens (including phenoxy) is 2. The van der Waals surface area contributed by atoms with Gasteiger partial charge >= 0.3 is 0 Å². The summed E-state index contributed by atoms with van der Waals surface area (Å²) in [6.45, 7) is 2.28. The van der Waals surface area contributed by atoms with Crippen molar-refractivity contribution < 1.29 is 19.1 Å². The SMILES string of the molecule is Cc1c(O[C@H](c2ccc(C(N)=O)cc2)c2ccccc2I)ccc2c1OCCC2=O. The second kappa shape index (κ2) is 8.47. The van der Waals surface area contributed by atoms with Crippen LogP contribution in [0.5, 0.6) is 11.5 Å². The zero-order valence-corrected chi connectivity index (χ0v) is 18.5. The highest BCUT2D eigenvalue weighted by Crippen LogP contribution is 2.38. The van der Waals surface area contributed by atoms with Crippen molar-refractivity contribution in [1.29, 1.82) is 0 Å². The van der Waals surface area contributed by atoms with Gasteiger partial charge in [-0.2, -0.15) is 0 Å². The fourth-order valence-electron chi connectivity index (χ4n) is 3.54. The predicted molar refractivity (Wildman–Crippen MR) is 122 cm³/mol. The van der Waals surface area contributed by atoms with Gasteiger partial charge in [-0.1, -0.05) is 30.3 Å². The van der Waals surface area contributed by atoms with Crippen LogP contribution in [0.25, 0.3) is 0 Å². The second-order valence-electron chi connectivity index (χ2n) is 7.09. The highest BCUT2D eigenvalue weighted by molar-refractivity contribution is 14.1. The number of halogens is 1. The maximum Gasteiger partial charge on any atom is 0.248 e. The summed E-state index contributed by atoms with van der Waals surface area (Å²) in [5, 5.41) is 0. The van der Waals surface area contributed by atoms with E-state index in [2.05, 4.69) is 22.6 Å². The number of hydrogen-bond acceptors (Lipinski definition) is 4. The van der Waals surface area contributed by atoms with E-state index in [9.17, 15) is 9.59 Å².